The van der Waals surface area contributed by atoms with Crippen molar-refractivity contribution in [3.63, 3.8) is 0 Å². The second kappa shape index (κ2) is 7.19. The molecule has 3 atom stereocenters. The maximum atomic E-state index is 12.9. The zero-order valence-electron chi connectivity index (χ0n) is 14.2. The van der Waals surface area contributed by atoms with E-state index in [1.807, 2.05) is 22.5 Å². The lowest BCUT2D eigenvalue weighted by atomic mass is 9.89. The molecule has 25 heavy (non-hydrogen) atoms. The van der Waals surface area contributed by atoms with Crippen molar-refractivity contribution in [3.05, 3.63) is 46.7 Å². The van der Waals surface area contributed by atoms with Gasteiger partial charge in [-0.3, -0.25) is 14.7 Å². The Kier molecular flexibility index (Phi) is 4.78. The van der Waals surface area contributed by atoms with Crippen molar-refractivity contribution in [2.45, 2.75) is 25.1 Å². The molecular weight excluding hydrogens is 336 g/mol. The fourth-order valence-corrected chi connectivity index (χ4v) is 4.65. The van der Waals surface area contributed by atoms with E-state index in [4.69, 9.17) is 4.74 Å². The van der Waals surface area contributed by atoms with Crippen LogP contribution in [0.3, 0.4) is 0 Å². The number of piperidine rings is 1. The molecule has 0 spiro atoms. The summed E-state index contributed by atoms with van der Waals surface area (Å²) in [5.41, 5.74) is 3.48. The number of nitrogens with zero attached hydrogens (tertiary/aromatic N) is 4. The number of carbonyl (C=O) groups excluding carboxylic acids is 1. The Morgan fingerprint density at radius 3 is 3.08 bits per heavy atom. The Bertz CT molecular complexity index is 709. The molecule has 2 aromatic rings. The highest BCUT2D eigenvalue weighted by molar-refractivity contribution is 7.07. The van der Waals surface area contributed by atoms with Crippen molar-refractivity contribution in [3.8, 4) is 0 Å². The van der Waals surface area contributed by atoms with Crippen molar-refractivity contribution in [2.24, 2.45) is 5.92 Å². The number of pyridine rings is 1. The predicted octanol–water partition coefficient (Wildman–Crippen LogP) is 1.90. The van der Waals surface area contributed by atoms with Crippen LogP contribution in [0.15, 0.2) is 35.4 Å². The third-order valence-corrected chi connectivity index (χ3v) is 5.87. The normalized spacial score (nSPS) is 26.6. The maximum Gasteiger partial charge on any atom is 0.273 e. The number of amides is 1. The Balaban J connectivity index is 1.52. The number of rotatable bonds is 4. The van der Waals surface area contributed by atoms with Crippen LogP contribution in [0.1, 0.15) is 22.5 Å². The highest BCUT2D eigenvalue weighted by Gasteiger charge is 2.46. The first-order valence-corrected chi connectivity index (χ1v) is 9.53. The number of fused-ring (bicyclic) bond motifs is 1. The predicted molar refractivity (Wildman–Crippen MR) is 95.4 cm³/mol. The van der Waals surface area contributed by atoms with Gasteiger partial charge in [-0.2, -0.15) is 0 Å². The SMILES string of the molecule is CO[C@@H]1CCN(C(=O)c2cscn2)[C@H]2CN(Cc3cccnc3)C[C@@H]12. The number of ether oxygens (including phenoxy) is 1. The molecule has 1 amide bonds. The molecule has 2 aliphatic heterocycles. The summed E-state index contributed by atoms with van der Waals surface area (Å²) in [6.07, 6.45) is 4.80. The highest BCUT2D eigenvalue weighted by atomic mass is 32.1. The Labute approximate surface area is 151 Å². The monoisotopic (exact) mass is 358 g/mol. The van der Waals surface area contributed by atoms with Crippen LogP contribution >= 0.6 is 11.3 Å². The highest BCUT2D eigenvalue weighted by Crippen LogP contribution is 2.34. The molecule has 2 aromatic heterocycles. The zero-order chi connectivity index (χ0) is 17.2. The molecule has 2 aliphatic rings. The van der Waals surface area contributed by atoms with Crippen LogP contribution in [0.2, 0.25) is 0 Å². The average molecular weight is 358 g/mol. The van der Waals surface area contributed by atoms with E-state index in [2.05, 4.69) is 20.9 Å². The van der Waals surface area contributed by atoms with Crippen molar-refractivity contribution >= 4 is 17.2 Å². The molecule has 0 saturated carbocycles. The van der Waals surface area contributed by atoms with E-state index in [0.717, 1.165) is 32.6 Å². The van der Waals surface area contributed by atoms with Crippen molar-refractivity contribution in [1.29, 1.82) is 0 Å². The van der Waals surface area contributed by atoms with E-state index in [1.54, 1.807) is 18.8 Å². The van der Waals surface area contributed by atoms with Crippen LogP contribution in [0, 0.1) is 5.92 Å². The first-order valence-electron chi connectivity index (χ1n) is 8.59. The molecule has 132 valence electrons. The quantitative estimate of drug-likeness (QED) is 0.835. The van der Waals surface area contributed by atoms with E-state index >= 15 is 0 Å². The third-order valence-electron chi connectivity index (χ3n) is 5.28. The van der Waals surface area contributed by atoms with Crippen LogP contribution in [-0.4, -0.2) is 64.6 Å². The molecule has 0 aromatic carbocycles. The molecule has 7 heteroatoms. The van der Waals surface area contributed by atoms with Gasteiger partial charge in [0.15, 0.2) is 0 Å². The summed E-state index contributed by atoms with van der Waals surface area (Å²) in [4.78, 5) is 25.7. The lowest BCUT2D eigenvalue weighted by Crippen LogP contribution is -2.53. The first kappa shape index (κ1) is 16.6. The van der Waals surface area contributed by atoms with Gasteiger partial charge >= 0.3 is 0 Å². The Hall–Kier alpha value is -1.83. The molecule has 0 N–H and O–H groups in total. The van der Waals surface area contributed by atoms with E-state index < -0.39 is 0 Å². The Morgan fingerprint density at radius 2 is 2.36 bits per heavy atom. The second-order valence-corrected chi connectivity index (χ2v) is 7.44. The standard InChI is InChI=1S/C18H22N4O2S/c1-24-17-4-6-22(18(23)15-11-25-12-20-15)16-10-21(9-14(16)17)8-13-3-2-5-19-7-13/h2-3,5,7,11-12,14,16-17H,4,6,8-10H2,1H3/t14-,16+,17-/m1/s1. The summed E-state index contributed by atoms with van der Waals surface area (Å²) in [7, 11) is 1.78. The van der Waals surface area contributed by atoms with Crippen LogP contribution < -0.4 is 0 Å². The van der Waals surface area contributed by atoms with Gasteiger partial charge in [-0.1, -0.05) is 6.07 Å². The van der Waals surface area contributed by atoms with Gasteiger partial charge < -0.3 is 9.64 Å². The number of hydrogen-bond acceptors (Lipinski definition) is 6. The van der Waals surface area contributed by atoms with Gasteiger partial charge in [0.2, 0.25) is 0 Å². The largest absolute Gasteiger partial charge is 0.381 e. The third kappa shape index (κ3) is 3.31. The van der Waals surface area contributed by atoms with Crippen molar-refractivity contribution in [2.75, 3.05) is 26.7 Å². The minimum Gasteiger partial charge on any atom is -0.381 e. The topological polar surface area (TPSA) is 58.6 Å². The molecule has 4 heterocycles. The summed E-state index contributed by atoms with van der Waals surface area (Å²) >= 11 is 1.46. The fraction of sp³-hybridized carbons (Fsp3) is 0.500. The molecule has 0 radical (unpaired) electrons. The minimum absolute atomic E-state index is 0.0500. The minimum atomic E-state index is 0.0500. The van der Waals surface area contributed by atoms with E-state index in [-0.39, 0.29) is 18.1 Å². The molecule has 6 nitrogen and oxygen atoms in total. The van der Waals surface area contributed by atoms with Crippen molar-refractivity contribution in [1.82, 2.24) is 19.8 Å². The molecule has 0 unspecified atom stereocenters. The van der Waals surface area contributed by atoms with Gasteiger partial charge in [0.1, 0.15) is 5.69 Å². The number of hydrogen-bond donors (Lipinski definition) is 0. The van der Waals surface area contributed by atoms with Gasteiger partial charge in [0.25, 0.3) is 5.91 Å². The van der Waals surface area contributed by atoms with E-state index in [9.17, 15) is 4.79 Å². The van der Waals surface area contributed by atoms with Gasteiger partial charge in [-0.15, -0.1) is 11.3 Å². The number of aromatic nitrogens is 2. The lowest BCUT2D eigenvalue weighted by Gasteiger charge is -2.40. The van der Waals surface area contributed by atoms with Crippen molar-refractivity contribution < 1.29 is 9.53 Å². The molecule has 2 fully saturated rings. The molecule has 2 saturated heterocycles. The van der Waals surface area contributed by atoms with Crippen LogP contribution in [0.4, 0.5) is 0 Å². The van der Waals surface area contributed by atoms with Crippen LogP contribution in [0.5, 0.6) is 0 Å². The molecule has 0 bridgehead atoms. The Morgan fingerprint density at radius 1 is 1.44 bits per heavy atom. The number of thiazole rings is 1. The molecule has 4 rings (SSSR count). The summed E-state index contributed by atoms with van der Waals surface area (Å²) in [6.45, 7) is 3.40. The van der Waals surface area contributed by atoms with Gasteiger partial charge in [-0.05, 0) is 18.1 Å². The summed E-state index contributed by atoms with van der Waals surface area (Å²) < 4.78 is 5.73. The smallest absolute Gasteiger partial charge is 0.273 e. The fourth-order valence-electron chi connectivity index (χ4n) is 4.12. The van der Waals surface area contributed by atoms with E-state index in [0.29, 0.717) is 11.6 Å². The first-order chi connectivity index (χ1) is 12.3. The number of methoxy groups -OCH3 is 1. The maximum absolute atomic E-state index is 12.9. The summed E-state index contributed by atoms with van der Waals surface area (Å²) in [5.74, 6) is 0.395. The number of carbonyl (C=O) groups is 1. The lowest BCUT2D eigenvalue weighted by molar-refractivity contribution is -0.0158. The molecular formula is C18H22N4O2S. The molecule has 0 aliphatic carbocycles. The summed E-state index contributed by atoms with van der Waals surface area (Å²) in [5, 5.41) is 1.84. The summed E-state index contributed by atoms with van der Waals surface area (Å²) in [6, 6.07) is 4.25. The van der Waals surface area contributed by atoms with Crippen LogP contribution in [0.25, 0.3) is 0 Å². The average Bonchev–Trinajstić information content (AvgIpc) is 3.31. The van der Waals surface area contributed by atoms with Crippen LogP contribution in [-0.2, 0) is 11.3 Å². The second-order valence-electron chi connectivity index (χ2n) is 6.72. The zero-order valence-corrected chi connectivity index (χ0v) is 15.1. The van der Waals surface area contributed by atoms with Gasteiger partial charge in [-0.25, -0.2) is 4.98 Å². The number of likely N-dealkylation sites (tertiary alicyclic amines) is 2. The van der Waals surface area contributed by atoms with Gasteiger partial charge in [0, 0.05) is 57.0 Å². The van der Waals surface area contributed by atoms with E-state index in [1.165, 1.54) is 16.9 Å². The van der Waals surface area contributed by atoms with Gasteiger partial charge in [0.05, 0.1) is 17.7 Å².